The summed E-state index contributed by atoms with van der Waals surface area (Å²) in [6.07, 6.45) is 1.95. The molecule has 9 heteroatoms. The van der Waals surface area contributed by atoms with Crippen molar-refractivity contribution in [1.82, 2.24) is 14.8 Å². The third kappa shape index (κ3) is 4.19. The van der Waals surface area contributed by atoms with Crippen LogP contribution in [-0.4, -0.2) is 39.1 Å². The molecule has 1 aromatic heterocycles. The molecule has 1 aliphatic heterocycles. The summed E-state index contributed by atoms with van der Waals surface area (Å²) in [5.74, 6) is -0.0895. The first-order valence-electron chi connectivity index (χ1n) is 7.57. The van der Waals surface area contributed by atoms with E-state index in [0.717, 1.165) is 19.4 Å². The van der Waals surface area contributed by atoms with E-state index in [0.29, 0.717) is 22.4 Å². The minimum atomic E-state index is -0.292. The molecule has 0 bridgehead atoms. The van der Waals surface area contributed by atoms with Crippen LogP contribution in [0.2, 0.25) is 5.02 Å². The number of hydrogen-bond donors (Lipinski definition) is 2. The highest BCUT2D eigenvalue weighted by molar-refractivity contribution is 7.99. The molecule has 24 heavy (non-hydrogen) atoms. The summed E-state index contributed by atoms with van der Waals surface area (Å²) < 4.78 is 7.07. The van der Waals surface area contributed by atoms with Gasteiger partial charge < -0.3 is 10.1 Å². The van der Waals surface area contributed by atoms with Crippen LogP contribution in [-0.2, 0) is 16.1 Å². The molecule has 128 valence electrons. The first-order valence-corrected chi connectivity index (χ1v) is 8.94. The molecule has 1 amide bonds. The lowest BCUT2D eigenvalue weighted by molar-refractivity contribution is -0.113. The normalized spacial score (nSPS) is 17.1. The van der Waals surface area contributed by atoms with Crippen LogP contribution >= 0.6 is 23.4 Å². The Morgan fingerprint density at radius 3 is 3.08 bits per heavy atom. The van der Waals surface area contributed by atoms with Crippen molar-refractivity contribution in [3.8, 4) is 0 Å². The molecule has 1 aliphatic rings. The first kappa shape index (κ1) is 17.1. The van der Waals surface area contributed by atoms with E-state index in [1.54, 1.807) is 24.3 Å². The minimum Gasteiger partial charge on any atom is -0.376 e. The molecule has 1 saturated heterocycles. The molecule has 2 N–H and O–H groups in total. The summed E-state index contributed by atoms with van der Waals surface area (Å²) in [5.41, 5.74) is 0.267. The zero-order chi connectivity index (χ0) is 16.9. The number of aromatic nitrogens is 3. The topological polar surface area (TPSA) is 89.0 Å². The van der Waals surface area contributed by atoms with Gasteiger partial charge in [-0.3, -0.25) is 9.36 Å². The Morgan fingerprint density at radius 2 is 2.33 bits per heavy atom. The predicted molar refractivity (Wildman–Crippen MR) is 92.6 cm³/mol. The predicted octanol–water partition coefficient (Wildman–Crippen LogP) is 2.13. The number of carbonyl (C=O) groups is 1. The van der Waals surface area contributed by atoms with Crippen molar-refractivity contribution in [3.05, 3.63) is 39.8 Å². The Morgan fingerprint density at radius 1 is 1.50 bits per heavy atom. The summed E-state index contributed by atoms with van der Waals surface area (Å²) in [6, 6.07) is 7.02. The van der Waals surface area contributed by atoms with Crippen molar-refractivity contribution < 1.29 is 9.53 Å². The maximum atomic E-state index is 12.1. The second-order valence-corrected chi connectivity index (χ2v) is 6.72. The van der Waals surface area contributed by atoms with Gasteiger partial charge in [0.1, 0.15) is 0 Å². The molecule has 1 atom stereocenters. The van der Waals surface area contributed by atoms with Crippen molar-refractivity contribution in [2.45, 2.75) is 30.6 Å². The van der Waals surface area contributed by atoms with Gasteiger partial charge in [-0.25, -0.2) is 9.89 Å². The standard InChI is InChI=1S/C15H17ClN4O3S/c16-11-5-1-2-6-12(11)17-13(21)9-24-15-19-18-14(22)20(15)8-10-4-3-7-23-10/h1-2,5-6,10H,3-4,7-9H2,(H,17,21)(H,18,22)/t10-/m1/s1. The number of amides is 1. The van der Waals surface area contributed by atoms with E-state index in [1.807, 2.05) is 0 Å². The van der Waals surface area contributed by atoms with Gasteiger partial charge in [-0.1, -0.05) is 35.5 Å². The molecule has 7 nitrogen and oxygen atoms in total. The van der Waals surface area contributed by atoms with Gasteiger partial charge in [0.15, 0.2) is 5.16 Å². The van der Waals surface area contributed by atoms with Gasteiger partial charge in [0, 0.05) is 6.61 Å². The van der Waals surface area contributed by atoms with Crippen LogP contribution in [0.15, 0.2) is 34.2 Å². The highest BCUT2D eigenvalue weighted by atomic mass is 35.5. The number of H-pyrrole nitrogens is 1. The molecule has 2 heterocycles. The van der Waals surface area contributed by atoms with Crippen molar-refractivity contribution in [2.75, 3.05) is 17.7 Å². The zero-order valence-electron chi connectivity index (χ0n) is 12.8. The van der Waals surface area contributed by atoms with E-state index in [9.17, 15) is 9.59 Å². The van der Waals surface area contributed by atoms with Gasteiger partial charge in [0.05, 0.1) is 29.1 Å². The highest BCUT2D eigenvalue weighted by Gasteiger charge is 2.20. The molecule has 3 rings (SSSR count). The number of nitrogens with zero attached hydrogens (tertiary/aromatic N) is 2. The summed E-state index contributed by atoms with van der Waals surface area (Å²) in [6.45, 7) is 1.17. The Kier molecular flexibility index (Phi) is 5.60. The van der Waals surface area contributed by atoms with Crippen LogP contribution in [0.25, 0.3) is 0 Å². The van der Waals surface area contributed by atoms with E-state index in [4.69, 9.17) is 16.3 Å². The van der Waals surface area contributed by atoms with Gasteiger partial charge in [-0.15, -0.1) is 5.10 Å². The third-order valence-electron chi connectivity index (χ3n) is 3.61. The van der Waals surface area contributed by atoms with Crippen LogP contribution < -0.4 is 11.0 Å². The van der Waals surface area contributed by atoms with Crippen LogP contribution in [0.3, 0.4) is 0 Å². The number of rotatable bonds is 6. The first-order chi connectivity index (χ1) is 11.6. The maximum absolute atomic E-state index is 12.1. The summed E-state index contributed by atoms with van der Waals surface area (Å²) >= 11 is 7.21. The number of hydrogen-bond acceptors (Lipinski definition) is 5. The SMILES string of the molecule is O=C(CSc1n[nH]c(=O)n1C[C@H]1CCCO1)Nc1ccccc1Cl. The lowest BCUT2D eigenvalue weighted by Gasteiger charge is -2.11. The van der Waals surface area contributed by atoms with Gasteiger partial charge in [-0.05, 0) is 25.0 Å². The fourth-order valence-corrected chi connectivity index (χ4v) is 3.38. The molecule has 1 aromatic carbocycles. The molecule has 0 unspecified atom stereocenters. The Labute approximate surface area is 147 Å². The number of ether oxygens (including phenoxy) is 1. The van der Waals surface area contributed by atoms with E-state index in [-0.39, 0.29) is 23.5 Å². The third-order valence-corrected chi connectivity index (χ3v) is 4.92. The lowest BCUT2D eigenvalue weighted by atomic mass is 10.2. The Hall–Kier alpha value is -1.77. The van der Waals surface area contributed by atoms with Gasteiger partial charge in [0.25, 0.3) is 0 Å². The van der Waals surface area contributed by atoms with E-state index in [1.165, 1.54) is 16.3 Å². The molecule has 0 saturated carbocycles. The largest absolute Gasteiger partial charge is 0.376 e. The molecule has 0 spiro atoms. The van der Waals surface area contributed by atoms with Crippen molar-refractivity contribution in [1.29, 1.82) is 0 Å². The van der Waals surface area contributed by atoms with Crippen LogP contribution in [0.4, 0.5) is 5.69 Å². The quantitative estimate of drug-likeness (QED) is 0.762. The van der Waals surface area contributed by atoms with Gasteiger partial charge in [-0.2, -0.15) is 0 Å². The van der Waals surface area contributed by atoms with E-state index < -0.39 is 0 Å². The van der Waals surface area contributed by atoms with Gasteiger partial charge >= 0.3 is 5.69 Å². The molecule has 2 aromatic rings. The van der Waals surface area contributed by atoms with E-state index >= 15 is 0 Å². The van der Waals surface area contributed by atoms with Crippen LogP contribution in [0, 0.1) is 0 Å². The number of carbonyl (C=O) groups excluding carboxylic acids is 1. The second kappa shape index (κ2) is 7.87. The molecular weight excluding hydrogens is 352 g/mol. The van der Waals surface area contributed by atoms with Crippen molar-refractivity contribution in [2.24, 2.45) is 0 Å². The number of thioether (sulfide) groups is 1. The van der Waals surface area contributed by atoms with Crippen molar-refractivity contribution in [3.63, 3.8) is 0 Å². The average molecular weight is 369 g/mol. The molecule has 0 radical (unpaired) electrons. The van der Waals surface area contributed by atoms with E-state index in [2.05, 4.69) is 15.5 Å². The highest BCUT2D eigenvalue weighted by Crippen LogP contribution is 2.22. The van der Waals surface area contributed by atoms with Gasteiger partial charge in [0.2, 0.25) is 5.91 Å². The number of benzene rings is 1. The Balaban J connectivity index is 1.59. The fourth-order valence-electron chi connectivity index (χ4n) is 2.45. The summed E-state index contributed by atoms with van der Waals surface area (Å²) in [7, 11) is 0. The van der Waals surface area contributed by atoms with Crippen LogP contribution in [0.1, 0.15) is 12.8 Å². The van der Waals surface area contributed by atoms with Crippen LogP contribution in [0.5, 0.6) is 0 Å². The second-order valence-electron chi connectivity index (χ2n) is 5.37. The smallest absolute Gasteiger partial charge is 0.344 e. The molecule has 1 fully saturated rings. The summed E-state index contributed by atoms with van der Waals surface area (Å²) in [4.78, 5) is 23.9. The monoisotopic (exact) mass is 368 g/mol. The number of para-hydroxylation sites is 1. The number of anilines is 1. The maximum Gasteiger partial charge on any atom is 0.344 e. The minimum absolute atomic E-state index is 0.0246. The lowest BCUT2D eigenvalue weighted by Crippen LogP contribution is -2.25. The average Bonchev–Trinajstić information content (AvgIpc) is 3.19. The molecule has 0 aliphatic carbocycles. The molecular formula is C15H17ClN4O3S. The fraction of sp³-hybridized carbons (Fsp3) is 0.400. The Bertz CT molecular complexity index is 770. The van der Waals surface area contributed by atoms with Crippen molar-refractivity contribution >= 4 is 35.0 Å². The zero-order valence-corrected chi connectivity index (χ0v) is 14.4. The number of nitrogens with one attached hydrogen (secondary N) is 2. The number of aromatic amines is 1. The number of halogens is 1. The summed E-state index contributed by atoms with van der Waals surface area (Å²) in [5, 5.41) is 10.1.